The molecule has 4 heteroatoms. The molecule has 0 spiro atoms. The molecule has 1 N–H and O–H groups in total. The van der Waals surface area contributed by atoms with E-state index in [0.29, 0.717) is 0 Å². The molecule has 0 fully saturated rings. The Morgan fingerprint density at radius 1 is 1.67 bits per heavy atom. The molecular formula is C11H15NO2S. The molecule has 0 aliphatic rings. The summed E-state index contributed by atoms with van der Waals surface area (Å²) in [5, 5.41) is 7.34. The fraction of sp³-hybridized carbons (Fsp3) is 0.364. The predicted octanol–water partition coefficient (Wildman–Crippen LogP) is 2.48. The summed E-state index contributed by atoms with van der Waals surface area (Å²) in [5.41, 5.74) is 2.03. The lowest BCUT2D eigenvalue weighted by atomic mass is 10.2. The Labute approximate surface area is 93.8 Å². The number of carbonyl (C=O) groups excluding carboxylic acids is 1. The fourth-order valence-electron chi connectivity index (χ4n) is 1.22. The summed E-state index contributed by atoms with van der Waals surface area (Å²) in [7, 11) is 1.37. The quantitative estimate of drug-likeness (QED) is 0.632. The molecule has 0 aromatic carbocycles. The van der Waals surface area contributed by atoms with Crippen molar-refractivity contribution < 1.29 is 9.53 Å². The van der Waals surface area contributed by atoms with Gasteiger partial charge < -0.3 is 10.1 Å². The Morgan fingerprint density at radius 2 is 2.40 bits per heavy atom. The number of hydrogen-bond donors (Lipinski definition) is 1. The average molecular weight is 225 g/mol. The van der Waals surface area contributed by atoms with Crippen molar-refractivity contribution in [2.45, 2.75) is 19.9 Å². The minimum Gasteiger partial charge on any atom is -0.466 e. The highest BCUT2D eigenvalue weighted by Gasteiger charge is 2.05. The molecule has 0 radical (unpaired) electrons. The van der Waals surface area contributed by atoms with Crippen LogP contribution in [0, 0.1) is 0 Å². The van der Waals surface area contributed by atoms with Crippen LogP contribution in [-0.4, -0.2) is 13.1 Å². The standard InChI is InChI=1S/C11H15NO2S/c1-8(6-11(13)14-3)12-9(2)10-4-5-15-7-10/h4-7,9,12H,1-3H3. The molecule has 0 amide bonds. The van der Waals surface area contributed by atoms with E-state index in [4.69, 9.17) is 0 Å². The number of hydrogen-bond acceptors (Lipinski definition) is 4. The Bertz CT molecular complexity index is 343. The summed E-state index contributed by atoms with van der Waals surface area (Å²) >= 11 is 1.66. The minimum absolute atomic E-state index is 0.206. The Hall–Kier alpha value is -1.29. The van der Waals surface area contributed by atoms with Gasteiger partial charge in [0.05, 0.1) is 7.11 Å². The van der Waals surface area contributed by atoms with Crippen molar-refractivity contribution in [3.63, 3.8) is 0 Å². The Kier molecular flexibility index (Phi) is 4.37. The van der Waals surface area contributed by atoms with Gasteiger partial charge in [-0.2, -0.15) is 11.3 Å². The third-order valence-electron chi connectivity index (χ3n) is 2.02. The molecule has 0 aliphatic carbocycles. The summed E-state index contributed by atoms with van der Waals surface area (Å²) < 4.78 is 4.54. The lowest BCUT2D eigenvalue weighted by Gasteiger charge is -2.13. The lowest BCUT2D eigenvalue weighted by Crippen LogP contribution is -2.17. The number of allylic oxidation sites excluding steroid dienone is 1. The van der Waals surface area contributed by atoms with Crippen LogP contribution in [0.3, 0.4) is 0 Å². The largest absolute Gasteiger partial charge is 0.466 e. The summed E-state index contributed by atoms with van der Waals surface area (Å²) in [4.78, 5) is 11.0. The summed E-state index contributed by atoms with van der Waals surface area (Å²) in [6.45, 7) is 3.90. The van der Waals surface area contributed by atoms with Gasteiger partial charge in [0.25, 0.3) is 0 Å². The van der Waals surface area contributed by atoms with Crippen molar-refractivity contribution in [1.82, 2.24) is 5.32 Å². The minimum atomic E-state index is -0.336. The van der Waals surface area contributed by atoms with Gasteiger partial charge in [-0.05, 0) is 36.2 Å². The van der Waals surface area contributed by atoms with E-state index in [2.05, 4.69) is 28.4 Å². The van der Waals surface area contributed by atoms with E-state index < -0.39 is 0 Å². The monoisotopic (exact) mass is 225 g/mol. The van der Waals surface area contributed by atoms with Gasteiger partial charge in [0, 0.05) is 17.8 Å². The summed E-state index contributed by atoms with van der Waals surface area (Å²) in [5.74, 6) is -0.336. The van der Waals surface area contributed by atoms with Crippen LogP contribution in [-0.2, 0) is 9.53 Å². The Morgan fingerprint density at radius 3 is 2.93 bits per heavy atom. The zero-order valence-electron chi connectivity index (χ0n) is 9.11. The molecule has 1 atom stereocenters. The van der Waals surface area contributed by atoms with Crippen LogP contribution in [0.1, 0.15) is 25.5 Å². The molecule has 1 rings (SSSR count). The summed E-state index contributed by atoms with van der Waals surface area (Å²) in [6, 6.07) is 2.27. The van der Waals surface area contributed by atoms with Gasteiger partial charge in [0.2, 0.25) is 0 Å². The molecule has 0 aliphatic heterocycles. The van der Waals surface area contributed by atoms with E-state index in [9.17, 15) is 4.79 Å². The van der Waals surface area contributed by atoms with Gasteiger partial charge in [-0.1, -0.05) is 0 Å². The third-order valence-corrected chi connectivity index (χ3v) is 2.72. The first kappa shape index (κ1) is 11.8. The van der Waals surface area contributed by atoms with Crippen molar-refractivity contribution in [1.29, 1.82) is 0 Å². The first-order valence-corrected chi connectivity index (χ1v) is 5.62. The van der Waals surface area contributed by atoms with Crippen molar-refractivity contribution in [3.05, 3.63) is 34.2 Å². The maximum atomic E-state index is 11.0. The van der Waals surface area contributed by atoms with Crippen molar-refractivity contribution in [3.8, 4) is 0 Å². The van der Waals surface area contributed by atoms with Crippen molar-refractivity contribution in [2.75, 3.05) is 7.11 Å². The number of rotatable bonds is 4. The molecule has 0 bridgehead atoms. The highest BCUT2D eigenvalue weighted by Crippen LogP contribution is 2.16. The number of esters is 1. The second-order valence-electron chi connectivity index (χ2n) is 3.27. The highest BCUT2D eigenvalue weighted by molar-refractivity contribution is 7.07. The van der Waals surface area contributed by atoms with E-state index >= 15 is 0 Å². The van der Waals surface area contributed by atoms with Gasteiger partial charge in [-0.25, -0.2) is 4.79 Å². The van der Waals surface area contributed by atoms with Gasteiger partial charge in [0.15, 0.2) is 0 Å². The van der Waals surface area contributed by atoms with Crippen LogP contribution < -0.4 is 5.32 Å². The number of carbonyl (C=O) groups is 1. The van der Waals surface area contributed by atoms with Crippen LogP contribution in [0.15, 0.2) is 28.6 Å². The predicted molar refractivity (Wildman–Crippen MR) is 61.6 cm³/mol. The molecule has 15 heavy (non-hydrogen) atoms. The number of methoxy groups -OCH3 is 1. The van der Waals surface area contributed by atoms with Gasteiger partial charge >= 0.3 is 5.97 Å². The molecule has 1 aromatic rings. The molecule has 1 aromatic heterocycles. The second kappa shape index (κ2) is 5.56. The molecule has 1 unspecified atom stereocenters. The van der Waals surface area contributed by atoms with E-state index in [1.165, 1.54) is 18.7 Å². The van der Waals surface area contributed by atoms with E-state index in [1.54, 1.807) is 11.3 Å². The molecule has 0 saturated carbocycles. The topological polar surface area (TPSA) is 38.3 Å². The first-order chi connectivity index (χ1) is 7.13. The smallest absolute Gasteiger partial charge is 0.332 e. The number of thiophene rings is 1. The van der Waals surface area contributed by atoms with E-state index in [-0.39, 0.29) is 12.0 Å². The Balaban J connectivity index is 2.55. The number of nitrogens with one attached hydrogen (secondary N) is 1. The van der Waals surface area contributed by atoms with Gasteiger partial charge in [0.1, 0.15) is 0 Å². The highest BCUT2D eigenvalue weighted by atomic mass is 32.1. The van der Waals surface area contributed by atoms with Gasteiger partial charge in [-0.3, -0.25) is 0 Å². The second-order valence-corrected chi connectivity index (χ2v) is 4.05. The zero-order valence-corrected chi connectivity index (χ0v) is 9.93. The SMILES string of the molecule is COC(=O)C=C(C)NC(C)c1ccsc1. The van der Waals surface area contributed by atoms with E-state index in [1.807, 2.05) is 12.3 Å². The average Bonchev–Trinajstić information content (AvgIpc) is 2.70. The maximum Gasteiger partial charge on any atom is 0.332 e. The van der Waals surface area contributed by atoms with Gasteiger partial charge in [-0.15, -0.1) is 0 Å². The third kappa shape index (κ3) is 3.75. The van der Waals surface area contributed by atoms with Crippen molar-refractivity contribution in [2.24, 2.45) is 0 Å². The van der Waals surface area contributed by atoms with Crippen molar-refractivity contribution >= 4 is 17.3 Å². The summed E-state index contributed by atoms with van der Waals surface area (Å²) in [6.07, 6.45) is 1.45. The normalized spacial score (nSPS) is 13.4. The lowest BCUT2D eigenvalue weighted by molar-refractivity contribution is -0.134. The maximum absolute atomic E-state index is 11.0. The fourth-order valence-corrected chi connectivity index (χ4v) is 1.98. The first-order valence-electron chi connectivity index (χ1n) is 4.68. The molecular weight excluding hydrogens is 210 g/mol. The molecule has 82 valence electrons. The van der Waals surface area contributed by atoms with Crippen LogP contribution in [0.4, 0.5) is 0 Å². The molecule has 1 heterocycles. The van der Waals surface area contributed by atoms with Crippen LogP contribution >= 0.6 is 11.3 Å². The van der Waals surface area contributed by atoms with Crippen LogP contribution in [0.2, 0.25) is 0 Å². The van der Waals surface area contributed by atoms with E-state index in [0.717, 1.165) is 5.70 Å². The van der Waals surface area contributed by atoms with Crippen LogP contribution in [0.5, 0.6) is 0 Å². The zero-order chi connectivity index (χ0) is 11.3. The van der Waals surface area contributed by atoms with Crippen LogP contribution in [0.25, 0.3) is 0 Å². The number of ether oxygens (including phenoxy) is 1. The molecule has 3 nitrogen and oxygen atoms in total. The molecule has 0 saturated heterocycles.